The van der Waals surface area contributed by atoms with Gasteiger partial charge in [-0.1, -0.05) is 19.1 Å². The van der Waals surface area contributed by atoms with Crippen LogP contribution in [0.5, 0.6) is 5.75 Å². The van der Waals surface area contributed by atoms with Crippen LogP contribution in [0.15, 0.2) is 24.3 Å². The van der Waals surface area contributed by atoms with E-state index in [-0.39, 0.29) is 37.6 Å². The molecule has 7 heteroatoms. The van der Waals surface area contributed by atoms with E-state index in [0.29, 0.717) is 6.61 Å². The van der Waals surface area contributed by atoms with E-state index in [4.69, 9.17) is 9.47 Å². The molecule has 1 heterocycles. The highest BCUT2D eigenvalue weighted by atomic mass is 19.1. The van der Waals surface area contributed by atoms with Gasteiger partial charge in [-0.05, 0) is 25.5 Å². The number of halogens is 1. The smallest absolute Gasteiger partial charge is 0.348 e. The van der Waals surface area contributed by atoms with Crippen LogP contribution in [0.1, 0.15) is 33.1 Å². The number of piperidine rings is 1. The molecule has 1 saturated heterocycles. The van der Waals surface area contributed by atoms with Crippen LogP contribution in [0.2, 0.25) is 0 Å². The van der Waals surface area contributed by atoms with Crippen LogP contribution < -0.4 is 4.74 Å². The number of carbonyl (C=O) groups excluding carboxylic acids is 1. The van der Waals surface area contributed by atoms with Crippen LogP contribution in [-0.4, -0.2) is 53.3 Å². The summed E-state index contributed by atoms with van der Waals surface area (Å²) in [5, 5.41) is 9.62. The summed E-state index contributed by atoms with van der Waals surface area (Å²) in [5.74, 6) is -2.02. The fourth-order valence-electron chi connectivity index (χ4n) is 2.81. The minimum atomic E-state index is -1.54. The van der Waals surface area contributed by atoms with Gasteiger partial charge in [-0.2, -0.15) is 0 Å². The Kier molecular flexibility index (Phi) is 6.36. The summed E-state index contributed by atoms with van der Waals surface area (Å²) >= 11 is 0. The maximum atomic E-state index is 13.8. The Balaban J connectivity index is 2.04. The Bertz CT molecular complexity index is 613. The molecule has 25 heavy (non-hydrogen) atoms. The number of nitrogens with zero attached hydrogens (tertiary/aromatic N) is 1. The highest BCUT2D eigenvalue weighted by molar-refractivity contribution is 5.82. The van der Waals surface area contributed by atoms with Crippen molar-refractivity contribution in [1.29, 1.82) is 0 Å². The number of amides is 1. The van der Waals surface area contributed by atoms with Gasteiger partial charge in [0.05, 0.1) is 0 Å². The molecule has 1 atom stereocenters. The number of carboxylic acid groups (broad SMARTS) is 1. The summed E-state index contributed by atoms with van der Waals surface area (Å²) in [6, 6.07) is 5.71. The molecule has 0 spiro atoms. The molecule has 1 fully saturated rings. The van der Waals surface area contributed by atoms with Crippen LogP contribution in [0.25, 0.3) is 0 Å². The van der Waals surface area contributed by atoms with E-state index in [0.717, 1.165) is 6.42 Å². The molecule has 0 bridgehead atoms. The lowest BCUT2D eigenvalue weighted by Crippen LogP contribution is -2.55. The molecule has 1 aromatic carbocycles. The highest BCUT2D eigenvalue weighted by Crippen LogP contribution is 2.31. The number of ether oxygens (including phenoxy) is 2. The molecule has 1 N–H and O–H groups in total. The summed E-state index contributed by atoms with van der Waals surface area (Å²) < 4.78 is 24.8. The largest absolute Gasteiger partial charge is 0.478 e. The molecule has 2 rings (SSSR count). The summed E-state index contributed by atoms with van der Waals surface area (Å²) in [6.45, 7) is 4.58. The molecule has 0 radical (unpaired) electrons. The molecular weight excluding hydrogens is 329 g/mol. The number of carbonyl (C=O) groups is 2. The van der Waals surface area contributed by atoms with E-state index >= 15 is 0 Å². The minimum absolute atomic E-state index is 0.0862. The van der Waals surface area contributed by atoms with Crippen LogP contribution in [0, 0.1) is 5.82 Å². The van der Waals surface area contributed by atoms with Gasteiger partial charge >= 0.3 is 5.97 Å². The zero-order chi connectivity index (χ0) is 18.4. The Morgan fingerprint density at radius 3 is 2.52 bits per heavy atom. The van der Waals surface area contributed by atoms with Crippen molar-refractivity contribution < 1.29 is 28.6 Å². The Morgan fingerprint density at radius 1 is 1.32 bits per heavy atom. The average molecular weight is 353 g/mol. The van der Waals surface area contributed by atoms with Gasteiger partial charge in [0.15, 0.2) is 11.6 Å². The van der Waals surface area contributed by atoms with Gasteiger partial charge in [0.2, 0.25) is 5.60 Å². The second-order valence-electron chi connectivity index (χ2n) is 6.17. The van der Waals surface area contributed by atoms with Crippen molar-refractivity contribution in [2.45, 2.75) is 44.8 Å². The van der Waals surface area contributed by atoms with Gasteiger partial charge in [-0.15, -0.1) is 0 Å². The molecular formula is C18H24FNO5. The van der Waals surface area contributed by atoms with E-state index in [9.17, 15) is 19.1 Å². The number of likely N-dealkylation sites (tertiary alicyclic amines) is 1. The second-order valence-corrected chi connectivity index (χ2v) is 6.17. The van der Waals surface area contributed by atoms with Gasteiger partial charge in [0.1, 0.15) is 6.10 Å². The SMILES string of the molecule is CCCO[C@@H](C)C(=O)N1CCC(Oc2ccccc2F)(C(=O)O)CC1. The highest BCUT2D eigenvalue weighted by Gasteiger charge is 2.45. The maximum absolute atomic E-state index is 13.8. The topological polar surface area (TPSA) is 76.1 Å². The third-order valence-corrected chi connectivity index (χ3v) is 4.33. The molecule has 6 nitrogen and oxygen atoms in total. The van der Waals surface area contributed by atoms with Crippen molar-refractivity contribution in [3.8, 4) is 5.75 Å². The standard InChI is InChI=1S/C18H24FNO5/c1-3-12-24-13(2)16(21)20-10-8-18(9-11-20,17(22)23)25-15-7-5-4-6-14(15)19/h4-7,13H,3,8-12H2,1-2H3,(H,22,23)/t13-/m0/s1. The molecule has 138 valence electrons. The third kappa shape index (κ3) is 4.48. The molecule has 0 aliphatic carbocycles. The minimum Gasteiger partial charge on any atom is -0.478 e. The van der Waals surface area contributed by atoms with Gasteiger partial charge < -0.3 is 19.5 Å². The fourth-order valence-corrected chi connectivity index (χ4v) is 2.81. The first kappa shape index (κ1) is 19.2. The Morgan fingerprint density at radius 2 is 1.96 bits per heavy atom. The van der Waals surface area contributed by atoms with Crippen LogP contribution in [0.3, 0.4) is 0 Å². The normalized spacial score (nSPS) is 17.8. The van der Waals surface area contributed by atoms with Crippen molar-refractivity contribution in [2.24, 2.45) is 0 Å². The number of carboxylic acids is 1. The molecule has 1 amide bonds. The van der Waals surface area contributed by atoms with Gasteiger partial charge in [-0.25, -0.2) is 9.18 Å². The van der Waals surface area contributed by atoms with Crippen molar-refractivity contribution in [2.75, 3.05) is 19.7 Å². The number of aliphatic carboxylic acids is 1. The van der Waals surface area contributed by atoms with E-state index in [1.165, 1.54) is 18.2 Å². The van der Waals surface area contributed by atoms with E-state index in [2.05, 4.69) is 0 Å². The Labute approximate surface area is 146 Å². The predicted octanol–water partition coefficient (Wildman–Crippen LogP) is 2.47. The van der Waals surface area contributed by atoms with Gasteiger partial charge in [0, 0.05) is 32.5 Å². The van der Waals surface area contributed by atoms with Crippen molar-refractivity contribution in [3.05, 3.63) is 30.1 Å². The van der Waals surface area contributed by atoms with Crippen molar-refractivity contribution in [1.82, 2.24) is 4.90 Å². The van der Waals surface area contributed by atoms with Crippen LogP contribution >= 0.6 is 0 Å². The lowest BCUT2D eigenvalue weighted by atomic mass is 9.90. The van der Waals surface area contributed by atoms with Crippen molar-refractivity contribution in [3.63, 3.8) is 0 Å². The molecule has 1 aliphatic heterocycles. The average Bonchev–Trinajstić information content (AvgIpc) is 2.61. The number of hydrogen-bond donors (Lipinski definition) is 1. The zero-order valence-corrected chi connectivity index (χ0v) is 14.5. The van der Waals surface area contributed by atoms with E-state index in [1.54, 1.807) is 17.9 Å². The summed E-state index contributed by atoms with van der Waals surface area (Å²) in [7, 11) is 0. The third-order valence-electron chi connectivity index (χ3n) is 4.33. The number of hydrogen-bond acceptors (Lipinski definition) is 4. The van der Waals surface area contributed by atoms with Crippen LogP contribution in [0.4, 0.5) is 4.39 Å². The first-order chi connectivity index (χ1) is 11.9. The number of rotatable bonds is 7. The molecule has 1 aliphatic rings. The first-order valence-corrected chi connectivity index (χ1v) is 8.47. The van der Waals surface area contributed by atoms with Crippen LogP contribution in [-0.2, 0) is 14.3 Å². The van der Waals surface area contributed by atoms with E-state index < -0.39 is 23.5 Å². The lowest BCUT2D eigenvalue weighted by Gasteiger charge is -2.39. The number of para-hydroxylation sites is 1. The molecule has 0 saturated carbocycles. The fraction of sp³-hybridized carbons (Fsp3) is 0.556. The quantitative estimate of drug-likeness (QED) is 0.815. The molecule has 1 aromatic rings. The Hall–Kier alpha value is -2.15. The summed E-state index contributed by atoms with van der Waals surface area (Å²) in [6.07, 6.45) is 0.423. The number of benzene rings is 1. The molecule has 0 aromatic heterocycles. The molecule has 0 unspecified atom stereocenters. The van der Waals surface area contributed by atoms with E-state index in [1.807, 2.05) is 6.92 Å². The summed E-state index contributed by atoms with van der Waals surface area (Å²) in [4.78, 5) is 25.7. The first-order valence-electron chi connectivity index (χ1n) is 8.47. The predicted molar refractivity (Wildman–Crippen MR) is 88.9 cm³/mol. The van der Waals surface area contributed by atoms with Crippen molar-refractivity contribution >= 4 is 11.9 Å². The summed E-state index contributed by atoms with van der Waals surface area (Å²) in [5.41, 5.74) is -1.54. The van der Waals surface area contributed by atoms with Gasteiger partial charge in [-0.3, -0.25) is 4.79 Å². The maximum Gasteiger partial charge on any atom is 0.348 e. The zero-order valence-electron chi connectivity index (χ0n) is 14.5. The lowest BCUT2D eigenvalue weighted by molar-refractivity contribution is -0.163. The monoisotopic (exact) mass is 353 g/mol. The van der Waals surface area contributed by atoms with Gasteiger partial charge in [0.25, 0.3) is 5.91 Å². The second kappa shape index (κ2) is 8.29.